The molecule has 0 saturated carbocycles. The number of hydrogen-bond donors (Lipinski definition) is 0. The van der Waals surface area contributed by atoms with Crippen molar-refractivity contribution in [2.45, 2.75) is 0 Å². The number of amides is 1. The molecule has 162 valence electrons. The summed E-state index contributed by atoms with van der Waals surface area (Å²) in [5.41, 5.74) is 1.90. The van der Waals surface area contributed by atoms with Crippen molar-refractivity contribution in [1.82, 2.24) is 14.9 Å². The molecule has 0 N–H and O–H groups in total. The highest BCUT2D eigenvalue weighted by molar-refractivity contribution is 5.95. The molecule has 0 atom stereocenters. The van der Waals surface area contributed by atoms with Crippen LogP contribution in [0.3, 0.4) is 0 Å². The fourth-order valence-corrected chi connectivity index (χ4v) is 3.52. The van der Waals surface area contributed by atoms with E-state index in [1.807, 2.05) is 41.3 Å². The molecule has 32 heavy (non-hydrogen) atoms. The molecule has 0 bridgehead atoms. The predicted octanol–water partition coefficient (Wildman–Crippen LogP) is 2.86. The summed E-state index contributed by atoms with van der Waals surface area (Å²) in [4.78, 5) is 25.9. The molecule has 1 saturated heterocycles. The van der Waals surface area contributed by atoms with Gasteiger partial charge in [-0.25, -0.2) is 4.98 Å². The fourth-order valence-electron chi connectivity index (χ4n) is 3.52. The Hall–Kier alpha value is -4.05. The minimum Gasteiger partial charge on any atom is -0.495 e. The van der Waals surface area contributed by atoms with Crippen LogP contribution in [0.25, 0.3) is 0 Å². The predicted molar refractivity (Wildman–Crippen MR) is 122 cm³/mol. The molecular formula is C25H24N4O3. The number of piperazine rings is 1. The average Bonchev–Trinajstić information content (AvgIpc) is 2.87. The lowest BCUT2D eigenvalue weighted by Gasteiger charge is -2.35. The maximum absolute atomic E-state index is 13.1. The van der Waals surface area contributed by atoms with Crippen molar-refractivity contribution in [1.29, 1.82) is 0 Å². The summed E-state index contributed by atoms with van der Waals surface area (Å²) < 4.78 is 10.6. The van der Waals surface area contributed by atoms with E-state index in [-0.39, 0.29) is 5.91 Å². The maximum atomic E-state index is 13.1. The van der Waals surface area contributed by atoms with E-state index in [1.54, 1.807) is 38.6 Å². The standard InChI is InChI=1S/C25H24N4O3/c1-31-22-12-10-20(18-19(22)9-11-21-6-3-4-13-26-21)25(30)29-16-14-28(15-17-29)23-7-5-8-24(27-23)32-2/h3-8,10,12-13,18H,14-17H2,1-2H3. The van der Waals surface area contributed by atoms with E-state index < -0.39 is 0 Å². The number of ether oxygens (including phenoxy) is 2. The second kappa shape index (κ2) is 9.84. The van der Waals surface area contributed by atoms with Crippen LogP contribution in [0.5, 0.6) is 11.6 Å². The summed E-state index contributed by atoms with van der Waals surface area (Å²) in [5, 5.41) is 0. The Morgan fingerprint density at radius 2 is 1.78 bits per heavy atom. The first-order valence-electron chi connectivity index (χ1n) is 10.3. The smallest absolute Gasteiger partial charge is 0.254 e. The molecule has 1 aromatic carbocycles. The molecule has 1 amide bonds. The third kappa shape index (κ3) is 4.81. The van der Waals surface area contributed by atoms with Crippen LogP contribution in [0.1, 0.15) is 21.6 Å². The maximum Gasteiger partial charge on any atom is 0.254 e. The highest BCUT2D eigenvalue weighted by Gasteiger charge is 2.23. The highest BCUT2D eigenvalue weighted by Crippen LogP contribution is 2.22. The fraction of sp³-hybridized carbons (Fsp3) is 0.240. The zero-order valence-corrected chi connectivity index (χ0v) is 18.1. The van der Waals surface area contributed by atoms with Crippen LogP contribution < -0.4 is 14.4 Å². The average molecular weight is 428 g/mol. The van der Waals surface area contributed by atoms with E-state index in [0.29, 0.717) is 54.6 Å². The zero-order valence-electron chi connectivity index (χ0n) is 18.1. The summed E-state index contributed by atoms with van der Waals surface area (Å²) in [7, 11) is 3.20. The van der Waals surface area contributed by atoms with Crippen LogP contribution in [0.4, 0.5) is 5.82 Å². The number of rotatable bonds is 4. The van der Waals surface area contributed by atoms with Crippen LogP contribution in [0.15, 0.2) is 60.8 Å². The number of nitrogens with zero attached hydrogens (tertiary/aromatic N) is 4. The number of methoxy groups -OCH3 is 2. The molecule has 0 radical (unpaired) electrons. The van der Waals surface area contributed by atoms with Crippen LogP contribution in [-0.2, 0) is 0 Å². The Bertz CT molecular complexity index is 1150. The van der Waals surface area contributed by atoms with E-state index in [4.69, 9.17) is 9.47 Å². The molecule has 0 aliphatic carbocycles. The molecule has 1 fully saturated rings. The summed E-state index contributed by atoms with van der Waals surface area (Å²) >= 11 is 0. The molecule has 0 spiro atoms. The Morgan fingerprint density at radius 3 is 2.50 bits per heavy atom. The molecule has 3 heterocycles. The number of carbonyl (C=O) groups is 1. The molecule has 7 nitrogen and oxygen atoms in total. The van der Waals surface area contributed by atoms with Crippen molar-refractivity contribution < 1.29 is 14.3 Å². The van der Waals surface area contributed by atoms with Crippen LogP contribution >= 0.6 is 0 Å². The summed E-state index contributed by atoms with van der Waals surface area (Å²) in [6.07, 6.45) is 1.70. The van der Waals surface area contributed by atoms with E-state index in [2.05, 4.69) is 26.7 Å². The first-order valence-corrected chi connectivity index (χ1v) is 10.3. The van der Waals surface area contributed by atoms with Crippen molar-refractivity contribution in [2.75, 3.05) is 45.3 Å². The normalized spacial score (nSPS) is 13.2. The van der Waals surface area contributed by atoms with Gasteiger partial charge in [-0.2, -0.15) is 4.98 Å². The van der Waals surface area contributed by atoms with Crippen LogP contribution in [-0.4, -0.2) is 61.2 Å². The third-order valence-corrected chi connectivity index (χ3v) is 5.25. The van der Waals surface area contributed by atoms with Gasteiger partial charge in [0.15, 0.2) is 0 Å². The Balaban J connectivity index is 1.47. The topological polar surface area (TPSA) is 67.8 Å². The molecule has 0 unspecified atom stereocenters. The van der Waals surface area contributed by atoms with E-state index in [0.717, 1.165) is 5.82 Å². The summed E-state index contributed by atoms with van der Waals surface area (Å²) in [6.45, 7) is 2.63. The Kier molecular flexibility index (Phi) is 6.52. The van der Waals surface area contributed by atoms with E-state index in [9.17, 15) is 4.79 Å². The van der Waals surface area contributed by atoms with Gasteiger partial charge < -0.3 is 19.3 Å². The van der Waals surface area contributed by atoms with E-state index >= 15 is 0 Å². The largest absolute Gasteiger partial charge is 0.495 e. The van der Waals surface area contributed by atoms with Crippen molar-refractivity contribution in [3.63, 3.8) is 0 Å². The first-order chi connectivity index (χ1) is 15.7. The molecule has 1 aliphatic rings. The van der Waals surface area contributed by atoms with E-state index in [1.165, 1.54) is 0 Å². The third-order valence-electron chi connectivity index (χ3n) is 5.25. The van der Waals surface area contributed by atoms with Crippen LogP contribution in [0.2, 0.25) is 0 Å². The molecule has 1 aliphatic heterocycles. The number of benzene rings is 1. The highest BCUT2D eigenvalue weighted by atomic mass is 16.5. The van der Waals surface area contributed by atoms with Crippen molar-refractivity contribution in [3.05, 3.63) is 77.6 Å². The van der Waals surface area contributed by atoms with Gasteiger partial charge in [-0.3, -0.25) is 4.79 Å². The monoisotopic (exact) mass is 428 g/mol. The van der Waals surface area contributed by atoms with Gasteiger partial charge in [0.1, 0.15) is 17.3 Å². The Labute approximate surface area is 187 Å². The number of carbonyl (C=O) groups excluding carboxylic acids is 1. The SMILES string of the molecule is COc1cccc(N2CCN(C(=O)c3ccc(OC)c(C#Cc4ccccn4)c3)CC2)n1. The molecule has 3 aromatic rings. The van der Waals surface area contributed by atoms with Gasteiger partial charge in [-0.05, 0) is 42.3 Å². The van der Waals surface area contributed by atoms with Gasteiger partial charge in [0, 0.05) is 44.0 Å². The van der Waals surface area contributed by atoms with Gasteiger partial charge in [-0.15, -0.1) is 0 Å². The molecule has 4 rings (SSSR count). The van der Waals surface area contributed by atoms with Gasteiger partial charge in [0.25, 0.3) is 5.91 Å². The van der Waals surface area contributed by atoms with Crippen molar-refractivity contribution in [3.8, 4) is 23.5 Å². The first kappa shape index (κ1) is 21.2. The second-order valence-corrected chi connectivity index (χ2v) is 7.20. The lowest BCUT2D eigenvalue weighted by atomic mass is 10.1. The molecule has 7 heteroatoms. The molecule has 2 aromatic heterocycles. The number of aromatic nitrogens is 2. The van der Waals surface area contributed by atoms with Crippen molar-refractivity contribution in [2.24, 2.45) is 0 Å². The second-order valence-electron chi connectivity index (χ2n) is 7.20. The minimum absolute atomic E-state index is 0.0215. The number of anilines is 1. The van der Waals surface area contributed by atoms with Gasteiger partial charge in [0.05, 0.1) is 19.8 Å². The summed E-state index contributed by atoms with van der Waals surface area (Å²) in [5.74, 6) is 8.15. The van der Waals surface area contributed by atoms with Crippen molar-refractivity contribution >= 4 is 11.7 Å². The lowest BCUT2D eigenvalue weighted by Crippen LogP contribution is -2.49. The summed E-state index contributed by atoms with van der Waals surface area (Å²) in [6, 6.07) is 16.6. The minimum atomic E-state index is -0.0215. The van der Waals surface area contributed by atoms with Gasteiger partial charge in [-0.1, -0.05) is 18.1 Å². The quantitative estimate of drug-likeness (QED) is 0.596. The van der Waals surface area contributed by atoms with Gasteiger partial charge in [0.2, 0.25) is 5.88 Å². The lowest BCUT2D eigenvalue weighted by molar-refractivity contribution is 0.0746. The zero-order chi connectivity index (χ0) is 22.3. The number of hydrogen-bond acceptors (Lipinski definition) is 6. The Morgan fingerprint density at radius 1 is 0.938 bits per heavy atom. The van der Waals surface area contributed by atoms with Crippen LogP contribution in [0, 0.1) is 11.8 Å². The number of pyridine rings is 2. The van der Waals surface area contributed by atoms with Gasteiger partial charge >= 0.3 is 0 Å². The molecular weight excluding hydrogens is 404 g/mol.